The number of hydrogen-bond donors (Lipinski definition) is 2. The normalized spacial score (nSPS) is 16.7. The average Bonchev–Trinajstić information content (AvgIpc) is 1.99. The molecule has 2 radical (unpaired) electrons. The van der Waals surface area contributed by atoms with Gasteiger partial charge in [0.15, 0.2) is 0 Å². The number of aliphatic hydroxyl groups is 1. The highest BCUT2D eigenvalue weighted by atomic mass is 16.5. The zero-order valence-electron chi connectivity index (χ0n) is 6.29. The maximum atomic E-state index is 8.65. The Kier molecular flexibility index (Phi) is 5.68. The van der Waals surface area contributed by atoms with Crippen molar-refractivity contribution in [1.82, 2.24) is 0 Å². The van der Waals surface area contributed by atoms with E-state index in [-0.39, 0.29) is 19.3 Å². The van der Waals surface area contributed by atoms with Crippen molar-refractivity contribution in [2.24, 2.45) is 5.73 Å². The molecule has 0 aliphatic heterocycles. The minimum atomic E-state index is -0.447. The molecule has 0 aromatic carbocycles. The SMILES string of the molecule is [B]C(CN)OC(CC)CO. The highest BCUT2D eigenvalue weighted by molar-refractivity contribution is 6.11. The Morgan fingerprint density at radius 1 is 1.70 bits per heavy atom. The summed E-state index contributed by atoms with van der Waals surface area (Å²) in [6.45, 7) is 2.21. The van der Waals surface area contributed by atoms with Crippen molar-refractivity contribution in [1.29, 1.82) is 0 Å². The van der Waals surface area contributed by atoms with Crippen LogP contribution in [-0.2, 0) is 4.74 Å². The summed E-state index contributed by atoms with van der Waals surface area (Å²) < 4.78 is 5.10. The molecule has 3 nitrogen and oxygen atoms in total. The molecule has 0 heterocycles. The summed E-state index contributed by atoms with van der Waals surface area (Å²) in [5.74, 6) is 0. The van der Waals surface area contributed by atoms with Crippen LogP contribution in [0.3, 0.4) is 0 Å². The van der Waals surface area contributed by atoms with Crippen LogP contribution in [0.4, 0.5) is 0 Å². The van der Waals surface area contributed by atoms with Gasteiger partial charge in [0.1, 0.15) is 7.85 Å². The molecule has 2 unspecified atom stereocenters. The molecular weight excluding hydrogens is 129 g/mol. The zero-order chi connectivity index (χ0) is 7.98. The molecule has 0 aliphatic rings. The van der Waals surface area contributed by atoms with Gasteiger partial charge in [-0.3, -0.25) is 0 Å². The van der Waals surface area contributed by atoms with Gasteiger partial charge < -0.3 is 15.6 Å². The van der Waals surface area contributed by atoms with Crippen molar-refractivity contribution in [3.63, 3.8) is 0 Å². The van der Waals surface area contributed by atoms with E-state index in [4.69, 9.17) is 23.4 Å². The number of rotatable bonds is 5. The van der Waals surface area contributed by atoms with Crippen LogP contribution >= 0.6 is 0 Å². The van der Waals surface area contributed by atoms with Crippen molar-refractivity contribution in [2.45, 2.75) is 25.5 Å². The smallest absolute Gasteiger partial charge is 0.110 e. The molecule has 0 saturated carbocycles. The Labute approximate surface area is 63.0 Å². The standard InChI is InChI=1S/C6H14BNO2/c1-2-5(4-9)10-6(7)3-8/h5-6,9H,2-4,8H2,1H3. The van der Waals surface area contributed by atoms with Gasteiger partial charge in [0.25, 0.3) is 0 Å². The van der Waals surface area contributed by atoms with Gasteiger partial charge in [0, 0.05) is 12.5 Å². The van der Waals surface area contributed by atoms with Crippen LogP contribution in [0.15, 0.2) is 0 Å². The minimum absolute atomic E-state index is 0.00417. The molecule has 10 heavy (non-hydrogen) atoms. The summed E-state index contributed by atoms with van der Waals surface area (Å²) in [5, 5.41) is 8.65. The van der Waals surface area contributed by atoms with Gasteiger partial charge in [0.2, 0.25) is 0 Å². The molecule has 4 heteroatoms. The van der Waals surface area contributed by atoms with Crippen LogP contribution in [0.2, 0.25) is 0 Å². The third-order valence-electron chi connectivity index (χ3n) is 1.26. The first-order valence-corrected chi connectivity index (χ1v) is 3.46. The van der Waals surface area contributed by atoms with E-state index < -0.39 is 6.00 Å². The van der Waals surface area contributed by atoms with Crippen molar-refractivity contribution in [3.8, 4) is 0 Å². The number of ether oxygens (including phenoxy) is 1. The van der Waals surface area contributed by atoms with E-state index >= 15 is 0 Å². The average molecular weight is 143 g/mol. The van der Waals surface area contributed by atoms with Gasteiger partial charge in [-0.1, -0.05) is 6.92 Å². The number of hydrogen-bond acceptors (Lipinski definition) is 3. The maximum absolute atomic E-state index is 8.65. The van der Waals surface area contributed by atoms with Crippen LogP contribution in [0.25, 0.3) is 0 Å². The zero-order valence-corrected chi connectivity index (χ0v) is 6.29. The van der Waals surface area contributed by atoms with Gasteiger partial charge in [-0.25, -0.2) is 0 Å². The highest BCUT2D eigenvalue weighted by Gasteiger charge is 2.07. The molecule has 0 spiro atoms. The summed E-state index contributed by atoms with van der Waals surface area (Å²) in [5.41, 5.74) is 5.20. The fourth-order valence-corrected chi connectivity index (χ4v) is 0.571. The Balaban J connectivity index is 3.41. The van der Waals surface area contributed by atoms with E-state index in [1.54, 1.807) is 0 Å². The second-order valence-corrected chi connectivity index (χ2v) is 2.12. The molecule has 0 rings (SSSR count). The second-order valence-electron chi connectivity index (χ2n) is 2.12. The van der Waals surface area contributed by atoms with Gasteiger partial charge in [-0.15, -0.1) is 0 Å². The van der Waals surface area contributed by atoms with Gasteiger partial charge in [0.05, 0.1) is 12.7 Å². The minimum Gasteiger partial charge on any atom is -0.394 e. The van der Waals surface area contributed by atoms with E-state index in [1.165, 1.54) is 0 Å². The first kappa shape index (κ1) is 9.94. The van der Waals surface area contributed by atoms with E-state index in [0.29, 0.717) is 0 Å². The van der Waals surface area contributed by atoms with Crippen molar-refractivity contribution >= 4 is 7.85 Å². The quantitative estimate of drug-likeness (QED) is 0.496. The topological polar surface area (TPSA) is 55.5 Å². The molecule has 58 valence electrons. The van der Waals surface area contributed by atoms with Crippen LogP contribution in [0, 0.1) is 0 Å². The van der Waals surface area contributed by atoms with Gasteiger partial charge in [-0.2, -0.15) is 0 Å². The summed E-state index contributed by atoms with van der Waals surface area (Å²) in [6.07, 6.45) is 0.586. The van der Waals surface area contributed by atoms with Crippen LogP contribution in [-0.4, -0.2) is 38.2 Å². The summed E-state index contributed by atoms with van der Waals surface area (Å²) >= 11 is 0. The molecular formula is C6H14BNO2. The van der Waals surface area contributed by atoms with E-state index in [9.17, 15) is 0 Å². The second kappa shape index (κ2) is 5.71. The molecule has 0 amide bonds. The molecule has 3 N–H and O–H groups in total. The predicted octanol–water partition coefficient (Wildman–Crippen LogP) is -0.773. The predicted molar refractivity (Wildman–Crippen MR) is 40.8 cm³/mol. The molecule has 0 aromatic rings. The van der Waals surface area contributed by atoms with Gasteiger partial charge >= 0.3 is 0 Å². The maximum Gasteiger partial charge on any atom is 0.110 e. The lowest BCUT2D eigenvalue weighted by atomic mass is 10.0. The Hall–Kier alpha value is -0.0551. The number of aliphatic hydroxyl groups excluding tert-OH is 1. The number of nitrogens with two attached hydrogens (primary N) is 1. The largest absolute Gasteiger partial charge is 0.394 e. The Bertz CT molecular complexity index is 78.1. The molecule has 0 aromatic heterocycles. The van der Waals surface area contributed by atoms with Crippen LogP contribution in [0.1, 0.15) is 13.3 Å². The molecule has 0 aliphatic carbocycles. The lowest BCUT2D eigenvalue weighted by Gasteiger charge is -2.18. The fourth-order valence-electron chi connectivity index (χ4n) is 0.571. The Morgan fingerprint density at radius 2 is 2.30 bits per heavy atom. The van der Waals surface area contributed by atoms with Gasteiger partial charge in [-0.05, 0) is 6.42 Å². The first-order chi connectivity index (χ1) is 4.74. The first-order valence-electron chi connectivity index (χ1n) is 3.46. The lowest BCUT2D eigenvalue weighted by Crippen LogP contribution is -2.30. The third kappa shape index (κ3) is 3.87. The van der Waals surface area contributed by atoms with E-state index in [1.807, 2.05) is 6.92 Å². The van der Waals surface area contributed by atoms with Crippen LogP contribution < -0.4 is 5.73 Å². The van der Waals surface area contributed by atoms with Crippen molar-refractivity contribution in [2.75, 3.05) is 13.2 Å². The molecule has 2 atom stereocenters. The monoisotopic (exact) mass is 143 g/mol. The Morgan fingerprint density at radius 3 is 2.60 bits per heavy atom. The highest BCUT2D eigenvalue weighted by Crippen LogP contribution is 1.98. The van der Waals surface area contributed by atoms with E-state index in [2.05, 4.69) is 0 Å². The molecule has 0 bridgehead atoms. The van der Waals surface area contributed by atoms with E-state index in [0.717, 1.165) is 6.42 Å². The lowest BCUT2D eigenvalue weighted by molar-refractivity contribution is -0.00311. The summed E-state index contributed by atoms with van der Waals surface area (Å²) in [7, 11) is 5.37. The van der Waals surface area contributed by atoms with Crippen molar-refractivity contribution in [3.05, 3.63) is 0 Å². The van der Waals surface area contributed by atoms with Crippen molar-refractivity contribution < 1.29 is 9.84 Å². The molecule has 0 fully saturated rings. The third-order valence-corrected chi connectivity index (χ3v) is 1.26. The summed E-state index contributed by atoms with van der Waals surface area (Å²) in [6, 6.07) is -0.447. The fraction of sp³-hybridized carbons (Fsp3) is 1.00. The molecule has 0 saturated heterocycles. The summed E-state index contributed by atoms with van der Waals surface area (Å²) in [4.78, 5) is 0. The van der Waals surface area contributed by atoms with Crippen LogP contribution in [0.5, 0.6) is 0 Å².